The molecule has 0 aliphatic heterocycles. The summed E-state index contributed by atoms with van der Waals surface area (Å²) in [4.78, 5) is 19.8. The minimum atomic E-state index is -4.59. The number of benzene rings is 1. The second kappa shape index (κ2) is 9.09. The summed E-state index contributed by atoms with van der Waals surface area (Å²) in [6.07, 6.45) is -2.50. The molecule has 0 aliphatic carbocycles. The molecule has 0 bridgehead atoms. The van der Waals surface area contributed by atoms with Crippen molar-refractivity contribution in [3.8, 4) is 22.8 Å². The van der Waals surface area contributed by atoms with Gasteiger partial charge in [0.1, 0.15) is 17.3 Å². The molecule has 1 amide bonds. The average Bonchev–Trinajstić information content (AvgIpc) is 2.73. The lowest BCUT2D eigenvalue weighted by Gasteiger charge is -2.14. The fraction of sp³-hybridized carbons (Fsp3) is 0.190. The first-order valence-corrected chi connectivity index (χ1v) is 9.06. The van der Waals surface area contributed by atoms with Crippen molar-refractivity contribution in [2.45, 2.75) is 19.1 Å². The van der Waals surface area contributed by atoms with E-state index >= 15 is 0 Å². The maximum absolute atomic E-state index is 13.8. The Morgan fingerprint density at radius 2 is 1.94 bits per heavy atom. The van der Waals surface area contributed by atoms with E-state index in [4.69, 9.17) is 9.84 Å². The van der Waals surface area contributed by atoms with E-state index in [1.807, 2.05) is 0 Å². The Morgan fingerprint density at radius 1 is 1.16 bits per heavy atom. The van der Waals surface area contributed by atoms with Gasteiger partial charge in [0.2, 0.25) is 5.88 Å². The van der Waals surface area contributed by atoms with Gasteiger partial charge >= 0.3 is 6.18 Å². The molecule has 10 heteroatoms. The molecular formula is C21H17F4N3O3. The highest BCUT2D eigenvalue weighted by atomic mass is 19.4. The van der Waals surface area contributed by atoms with E-state index in [1.165, 1.54) is 30.5 Å². The van der Waals surface area contributed by atoms with Crippen LogP contribution in [0.4, 0.5) is 17.6 Å². The Hall–Kier alpha value is -3.53. The summed E-state index contributed by atoms with van der Waals surface area (Å²) >= 11 is 0. The van der Waals surface area contributed by atoms with Crippen molar-refractivity contribution in [2.75, 3.05) is 6.61 Å². The zero-order valence-electron chi connectivity index (χ0n) is 16.2. The number of aliphatic hydroxyl groups is 1. The van der Waals surface area contributed by atoms with E-state index in [2.05, 4.69) is 15.3 Å². The Balaban J connectivity index is 1.98. The quantitative estimate of drug-likeness (QED) is 0.567. The van der Waals surface area contributed by atoms with Crippen LogP contribution in [0.2, 0.25) is 0 Å². The van der Waals surface area contributed by atoms with Gasteiger partial charge in [-0.1, -0.05) is 12.1 Å². The molecule has 0 aliphatic rings. The van der Waals surface area contributed by atoms with Crippen molar-refractivity contribution in [3.05, 3.63) is 71.9 Å². The standard InChI is InChI=1S/C21H17F4N3O3/c1-12(11-29)28-19(30)14-8-17(13-3-2-4-15(22)7-13)20(27-9-14)31-16-5-6-18(26-10-16)21(23,24)25/h2-10,12,29H,11H2,1H3,(H,28,30)/t12-/m1/s1. The smallest absolute Gasteiger partial charge is 0.433 e. The second-order valence-electron chi connectivity index (χ2n) is 6.62. The van der Waals surface area contributed by atoms with Crippen LogP contribution in [-0.4, -0.2) is 33.6 Å². The number of aliphatic hydroxyl groups excluding tert-OH is 1. The number of hydrogen-bond donors (Lipinski definition) is 2. The van der Waals surface area contributed by atoms with Gasteiger partial charge in [-0.2, -0.15) is 13.2 Å². The predicted molar refractivity (Wildman–Crippen MR) is 103 cm³/mol. The number of aromatic nitrogens is 2. The number of rotatable bonds is 6. The molecule has 162 valence electrons. The topological polar surface area (TPSA) is 84.3 Å². The molecule has 6 nitrogen and oxygen atoms in total. The number of nitrogens with one attached hydrogen (secondary N) is 1. The van der Waals surface area contributed by atoms with Crippen molar-refractivity contribution in [3.63, 3.8) is 0 Å². The molecule has 1 aromatic carbocycles. The second-order valence-corrected chi connectivity index (χ2v) is 6.62. The summed E-state index contributed by atoms with van der Waals surface area (Å²) in [5.74, 6) is -1.14. The van der Waals surface area contributed by atoms with Crippen LogP contribution >= 0.6 is 0 Å². The molecule has 0 spiro atoms. The molecule has 0 unspecified atom stereocenters. The van der Waals surface area contributed by atoms with Crippen LogP contribution in [-0.2, 0) is 6.18 Å². The zero-order chi connectivity index (χ0) is 22.6. The maximum atomic E-state index is 13.8. The lowest BCUT2D eigenvalue weighted by molar-refractivity contribution is -0.141. The molecule has 2 heterocycles. The van der Waals surface area contributed by atoms with E-state index in [1.54, 1.807) is 13.0 Å². The van der Waals surface area contributed by atoms with Crippen molar-refractivity contribution < 1.29 is 32.2 Å². The summed E-state index contributed by atoms with van der Waals surface area (Å²) in [6, 6.07) is 8.20. The molecule has 31 heavy (non-hydrogen) atoms. The van der Waals surface area contributed by atoms with Crippen LogP contribution in [0.15, 0.2) is 54.9 Å². The summed E-state index contributed by atoms with van der Waals surface area (Å²) < 4.78 is 57.4. The van der Waals surface area contributed by atoms with E-state index in [9.17, 15) is 22.4 Å². The van der Waals surface area contributed by atoms with Crippen molar-refractivity contribution in [2.24, 2.45) is 0 Å². The summed E-state index contributed by atoms with van der Waals surface area (Å²) in [5.41, 5.74) is -0.378. The molecule has 0 fully saturated rings. The normalized spacial score (nSPS) is 12.3. The van der Waals surface area contributed by atoms with E-state index in [0.717, 1.165) is 18.3 Å². The Labute approximate surface area is 174 Å². The number of hydrogen-bond acceptors (Lipinski definition) is 5. The first-order valence-electron chi connectivity index (χ1n) is 9.06. The monoisotopic (exact) mass is 435 g/mol. The minimum absolute atomic E-state index is 0.0238. The van der Waals surface area contributed by atoms with Crippen LogP contribution < -0.4 is 10.1 Å². The number of halogens is 4. The van der Waals surface area contributed by atoms with Gasteiger partial charge in [0, 0.05) is 17.8 Å². The van der Waals surface area contributed by atoms with Crippen molar-refractivity contribution >= 4 is 5.91 Å². The van der Waals surface area contributed by atoms with Gasteiger partial charge in [0.25, 0.3) is 5.91 Å². The Bertz CT molecular complexity index is 1070. The van der Waals surface area contributed by atoms with E-state index < -0.39 is 29.6 Å². The van der Waals surface area contributed by atoms with Gasteiger partial charge in [0.05, 0.1) is 18.4 Å². The molecule has 3 rings (SSSR count). The number of alkyl halides is 3. The third-order valence-electron chi connectivity index (χ3n) is 4.14. The molecule has 0 saturated carbocycles. The van der Waals surface area contributed by atoms with Crippen LogP contribution in [0.3, 0.4) is 0 Å². The third kappa shape index (κ3) is 5.54. The van der Waals surface area contributed by atoms with E-state index in [0.29, 0.717) is 5.56 Å². The molecule has 2 N–H and O–H groups in total. The molecule has 1 atom stereocenters. The maximum Gasteiger partial charge on any atom is 0.433 e. The van der Waals surface area contributed by atoms with Gasteiger partial charge in [-0.25, -0.2) is 14.4 Å². The van der Waals surface area contributed by atoms with Gasteiger partial charge in [-0.05, 0) is 42.8 Å². The fourth-order valence-electron chi connectivity index (χ4n) is 2.59. The van der Waals surface area contributed by atoms with Crippen molar-refractivity contribution in [1.82, 2.24) is 15.3 Å². The summed E-state index contributed by atoms with van der Waals surface area (Å²) in [6.45, 7) is 1.34. The number of pyridine rings is 2. The van der Waals surface area contributed by atoms with Crippen LogP contribution in [0.25, 0.3) is 11.1 Å². The lowest BCUT2D eigenvalue weighted by atomic mass is 10.0. The number of nitrogens with zero attached hydrogens (tertiary/aromatic N) is 2. The molecule has 2 aromatic heterocycles. The first-order chi connectivity index (χ1) is 14.7. The number of ether oxygens (including phenoxy) is 1. The zero-order valence-corrected chi connectivity index (χ0v) is 16.2. The summed E-state index contributed by atoms with van der Waals surface area (Å²) in [7, 11) is 0. The average molecular weight is 435 g/mol. The van der Waals surface area contributed by atoms with Crippen molar-refractivity contribution in [1.29, 1.82) is 0 Å². The minimum Gasteiger partial charge on any atom is -0.437 e. The molecule has 0 radical (unpaired) electrons. The number of carbonyl (C=O) groups excluding carboxylic acids is 1. The largest absolute Gasteiger partial charge is 0.437 e. The number of carbonyl (C=O) groups is 1. The van der Waals surface area contributed by atoms with Crippen LogP contribution in [0.1, 0.15) is 23.0 Å². The van der Waals surface area contributed by atoms with Crippen LogP contribution in [0.5, 0.6) is 11.6 Å². The SMILES string of the molecule is C[C@H](CO)NC(=O)c1cnc(Oc2ccc(C(F)(F)F)nc2)c(-c2cccc(F)c2)c1. The van der Waals surface area contributed by atoms with Gasteiger partial charge < -0.3 is 15.2 Å². The van der Waals surface area contributed by atoms with Gasteiger partial charge in [-0.3, -0.25) is 4.79 Å². The summed E-state index contributed by atoms with van der Waals surface area (Å²) in [5, 5.41) is 11.7. The highest BCUT2D eigenvalue weighted by Crippen LogP contribution is 2.34. The first kappa shape index (κ1) is 22.2. The fourth-order valence-corrected chi connectivity index (χ4v) is 2.59. The Morgan fingerprint density at radius 3 is 2.55 bits per heavy atom. The van der Waals surface area contributed by atoms with Gasteiger partial charge in [0.15, 0.2) is 0 Å². The number of amides is 1. The molecule has 3 aromatic rings. The predicted octanol–water partition coefficient (Wildman–Crippen LogP) is 4.20. The van der Waals surface area contributed by atoms with Gasteiger partial charge in [-0.15, -0.1) is 0 Å². The molecular weight excluding hydrogens is 418 g/mol. The third-order valence-corrected chi connectivity index (χ3v) is 4.14. The Kier molecular flexibility index (Phi) is 6.50. The van der Waals surface area contributed by atoms with Crippen LogP contribution in [0, 0.1) is 5.82 Å². The highest BCUT2D eigenvalue weighted by Gasteiger charge is 2.32. The molecule has 0 saturated heterocycles. The lowest BCUT2D eigenvalue weighted by Crippen LogP contribution is -2.35. The highest BCUT2D eigenvalue weighted by molar-refractivity contribution is 5.95. The van der Waals surface area contributed by atoms with E-state index in [-0.39, 0.29) is 29.4 Å².